The van der Waals surface area contributed by atoms with Crippen molar-refractivity contribution in [2.24, 2.45) is 0 Å². The quantitative estimate of drug-likeness (QED) is 0.889. The van der Waals surface area contributed by atoms with Crippen LogP contribution in [0.2, 0.25) is 0 Å². The highest BCUT2D eigenvalue weighted by Crippen LogP contribution is 2.12. The molecule has 1 atom stereocenters. The van der Waals surface area contributed by atoms with Gasteiger partial charge in [0.25, 0.3) is 0 Å². The second-order valence-electron chi connectivity index (χ2n) is 5.60. The minimum atomic E-state index is -0.726. The van der Waals surface area contributed by atoms with Crippen molar-refractivity contribution in [2.75, 3.05) is 32.7 Å². The molecule has 0 aliphatic carbocycles. The summed E-state index contributed by atoms with van der Waals surface area (Å²) in [7, 11) is 0. The van der Waals surface area contributed by atoms with Crippen LogP contribution in [0.3, 0.4) is 0 Å². The van der Waals surface area contributed by atoms with Crippen molar-refractivity contribution in [2.45, 2.75) is 25.8 Å². The van der Waals surface area contributed by atoms with E-state index in [1.54, 1.807) is 0 Å². The van der Waals surface area contributed by atoms with E-state index < -0.39 is 5.97 Å². The Labute approximate surface area is 121 Å². The maximum atomic E-state index is 10.8. The number of rotatable bonds is 5. The van der Waals surface area contributed by atoms with Crippen LogP contribution in [0, 0.1) is 0 Å². The SMILES string of the molecule is CC(Cc1ccccc1)N1CCCN(CC(=O)O)CC1. The van der Waals surface area contributed by atoms with Crippen LogP contribution in [0.4, 0.5) is 0 Å². The van der Waals surface area contributed by atoms with E-state index in [2.05, 4.69) is 36.1 Å². The van der Waals surface area contributed by atoms with Crippen molar-refractivity contribution in [1.82, 2.24) is 9.80 Å². The minimum absolute atomic E-state index is 0.168. The Kier molecular flexibility index (Phi) is 5.56. The van der Waals surface area contributed by atoms with E-state index in [1.165, 1.54) is 5.56 Å². The van der Waals surface area contributed by atoms with Gasteiger partial charge < -0.3 is 5.11 Å². The Bertz CT molecular complexity index is 422. The number of hydrogen-bond donors (Lipinski definition) is 1. The number of carbonyl (C=O) groups is 1. The summed E-state index contributed by atoms with van der Waals surface area (Å²) in [5, 5.41) is 8.87. The van der Waals surface area contributed by atoms with Gasteiger partial charge in [0.15, 0.2) is 0 Å². The van der Waals surface area contributed by atoms with Gasteiger partial charge in [-0.25, -0.2) is 0 Å². The fraction of sp³-hybridized carbons (Fsp3) is 0.562. The predicted molar refractivity (Wildman–Crippen MR) is 79.9 cm³/mol. The van der Waals surface area contributed by atoms with Crippen LogP contribution >= 0.6 is 0 Å². The van der Waals surface area contributed by atoms with Crippen LogP contribution in [0.25, 0.3) is 0 Å². The first-order valence-electron chi connectivity index (χ1n) is 7.37. The van der Waals surface area contributed by atoms with Crippen LogP contribution in [0.1, 0.15) is 18.9 Å². The van der Waals surface area contributed by atoms with Crippen molar-refractivity contribution >= 4 is 5.97 Å². The van der Waals surface area contributed by atoms with Crippen molar-refractivity contribution in [1.29, 1.82) is 0 Å². The van der Waals surface area contributed by atoms with E-state index in [-0.39, 0.29) is 6.54 Å². The van der Waals surface area contributed by atoms with E-state index in [0.29, 0.717) is 6.04 Å². The van der Waals surface area contributed by atoms with E-state index in [9.17, 15) is 4.79 Å². The van der Waals surface area contributed by atoms with Gasteiger partial charge in [0.2, 0.25) is 0 Å². The van der Waals surface area contributed by atoms with Crippen molar-refractivity contribution < 1.29 is 9.90 Å². The molecule has 20 heavy (non-hydrogen) atoms. The second kappa shape index (κ2) is 7.41. The zero-order chi connectivity index (χ0) is 14.4. The van der Waals surface area contributed by atoms with Crippen molar-refractivity contribution in [3.63, 3.8) is 0 Å². The summed E-state index contributed by atoms with van der Waals surface area (Å²) in [5.74, 6) is -0.726. The third-order valence-electron chi connectivity index (χ3n) is 3.98. The molecule has 0 aromatic heterocycles. The van der Waals surface area contributed by atoms with Crippen LogP contribution in [-0.4, -0.2) is 59.6 Å². The zero-order valence-corrected chi connectivity index (χ0v) is 12.2. The Balaban J connectivity index is 1.85. The molecule has 4 nitrogen and oxygen atoms in total. The zero-order valence-electron chi connectivity index (χ0n) is 12.2. The molecule has 2 rings (SSSR count). The summed E-state index contributed by atoms with van der Waals surface area (Å²) in [6, 6.07) is 11.1. The first-order valence-corrected chi connectivity index (χ1v) is 7.37. The maximum absolute atomic E-state index is 10.8. The predicted octanol–water partition coefficient (Wildman–Crippen LogP) is 1.71. The van der Waals surface area contributed by atoms with Gasteiger partial charge >= 0.3 is 5.97 Å². The minimum Gasteiger partial charge on any atom is -0.480 e. The Morgan fingerprint density at radius 2 is 1.95 bits per heavy atom. The molecule has 1 aromatic carbocycles. The molecule has 0 radical (unpaired) electrons. The lowest BCUT2D eigenvalue weighted by atomic mass is 10.1. The van der Waals surface area contributed by atoms with Crippen molar-refractivity contribution in [3.05, 3.63) is 35.9 Å². The fourth-order valence-corrected chi connectivity index (χ4v) is 2.87. The van der Waals surface area contributed by atoms with Crippen LogP contribution in [0.5, 0.6) is 0 Å². The number of aliphatic carboxylic acids is 1. The van der Waals surface area contributed by atoms with Gasteiger partial charge in [-0.05, 0) is 31.9 Å². The van der Waals surface area contributed by atoms with E-state index in [0.717, 1.165) is 39.0 Å². The lowest BCUT2D eigenvalue weighted by Gasteiger charge is -2.27. The summed E-state index contributed by atoms with van der Waals surface area (Å²) in [4.78, 5) is 15.3. The molecule has 1 N–H and O–H groups in total. The third-order valence-corrected chi connectivity index (χ3v) is 3.98. The normalized spacial score (nSPS) is 19.4. The van der Waals surface area contributed by atoms with Crippen LogP contribution in [-0.2, 0) is 11.2 Å². The lowest BCUT2D eigenvalue weighted by Crippen LogP contribution is -2.38. The highest BCUT2D eigenvalue weighted by Gasteiger charge is 2.20. The van der Waals surface area contributed by atoms with Gasteiger partial charge in [-0.1, -0.05) is 30.3 Å². The fourth-order valence-electron chi connectivity index (χ4n) is 2.87. The van der Waals surface area contributed by atoms with Gasteiger partial charge in [-0.15, -0.1) is 0 Å². The molecule has 1 aromatic rings. The molecule has 1 aliphatic rings. The van der Waals surface area contributed by atoms with E-state index >= 15 is 0 Å². The molecular weight excluding hydrogens is 252 g/mol. The molecule has 1 saturated heterocycles. The molecule has 4 heteroatoms. The standard InChI is InChI=1S/C16H24N2O2/c1-14(12-15-6-3-2-4-7-15)18-9-5-8-17(10-11-18)13-16(19)20/h2-4,6-7,14H,5,8-13H2,1H3,(H,19,20). The molecular formula is C16H24N2O2. The van der Waals surface area contributed by atoms with Crippen LogP contribution < -0.4 is 0 Å². The molecule has 0 spiro atoms. The molecule has 110 valence electrons. The number of hydrogen-bond acceptors (Lipinski definition) is 3. The summed E-state index contributed by atoms with van der Waals surface area (Å²) >= 11 is 0. The third kappa shape index (κ3) is 4.62. The first-order chi connectivity index (χ1) is 9.65. The Morgan fingerprint density at radius 1 is 1.20 bits per heavy atom. The summed E-state index contributed by atoms with van der Waals surface area (Å²) in [6.07, 6.45) is 2.10. The van der Waals surface area contributed by atoms with Gasteiger partial charge in [0.1, 0.15) is 0 Å². The van der Waals surface area contributed by atoms with Gasteiger partial charge in [0.05, 0.1) is 6.54 Å². The number of nitrogens with zero attached hydrogens (tertiary/aromatic N) is 2. The second-order valence-corrected chi connectivity index (χ2v) is 5.60. The average Bonchev–Trinajstić information content (AvgIpc) is 2.65. The largest absolute Gasteiger partial charge is 0.480 e. The van der Waals surface area contributed by atoms with Crippen LogP contribution in [0.15, 0.2) is 30.3 Å². The molecule has 1 fully saturated rings. The highest BCUT2D eigenvalue weighted by molar-refractivity contribution is 5.69. The number of benzene rings is 1. The van der Waals surface area contributed by atoms with Gasteiger partial charge in [0, 0.05) is 25.7 Å². The van der Waals surface area contributed by atoms with Crippen molar-refractivity contribution in [3.8, 4) is 0 Å². The smallest absolute Gasteiger partial charge is 0.317 e. The van der Waals surface area contributed by atoms with Gasteiger partial charge in [-0.3, -0.25) is 14.6 Å². The maximum Gasteiger partial charge on any atom is 0.317 e. The molecule has 1 heterocycles. The topological polar surface area (TPSA) is 43.8 Å². The molecule has 1 aliphatic heterocycles. The molecule has 0 saturated carbocycles. The molecule has 1 unspecified atom stereocenters. The number of carboxylic acid groups (broad SMARTS) is 1. The monoisotopic (exact) mass is 276 g/mol. The summed E-state index contributed by atoms with van der Waals surface area (Å²) in [6.45, 7) is 6.19. The highest BCUT2D eigenvalue weighted by atomic mass is 16.4. The Morgan fingerprint density at radius 3 is 2.65 bits per heavy atom. The molecule has 0 amide bonds. The number of carboxylic acids is 1. The average molecular weight is 276 g/mol. The summed E-state index contributed by atoms with van der Waals surface area (Å²) < 4.78 is 0. The van der Waals surface area contributed by atoms with E-state index in [4.69, 9.17) is 5.11 Å². The lowest BCUT2D eigenvalue weighted by molar-refractivity contribution is -0.138. The first kappa shape index (κ1) is 15.0. The van der Waals surface area contributed by atoms with Gasteiger partial charge in [-0.2, -0.15) is 0 Å². The van der Waals surface area contributed by atoms with E-state index in [1.807, 2.05) is 11.0 Å². The Hall–Kier alpha value is -1.39. The summed E-state index contributed by atoms with van der Waals surface area (Å²) in [5.41, 5.74) is 1.37. The molecule has 0 bridgehead atoms.